The predicted molar refractivity (Wildman–Crippen MR) is 71.1 cm³/mol. The largest absolute Gasteiger partial charge is 0.478 e. The number of nitrogens with zero attached hydrogens (tertiary/aromatic N) is 2. The molecule has 4 nitrogen and oxygen atoms in total. The first-order valence-electron chi connectivity index (χ1n) is 6.53. The van der Waals surface area contributed by atoms with E-state index in [1.54, 1.807) is 12.3 Å². The second-order valence-corrected chi connectivity index (χ2v) is 5.16. The molecule has 1 atom stereocenters. The molecule has 1 aliphatic carbocycles. The minimum absolute atomic E-state index is 0.395. The summed E-state index contributed by atoms with van der Waals surface area (Å²) in [4.78, 5) is 15.0. The third-order valence-electron chi connectivity index (χ3n) is 3.81. The van der Waals surface area contributed by atoms with Crippen LogP contribution in [0.15, 0.2) is 36.9 Å². The van der Waals surface area contributed by atoms with Crippen LogP contribution in [0.1, 0.15) is 27.9 Å². The van der Waals surface area contributed by atoms with Crippen molar-refractivity contribution in [2.45, 2.75) is 25.8 Å². The van der Waals surface area contributed by atoms with Gasteiger partial charge in [0.15, 0.2) is 0 Å². The van der Waals surface area contributed by atoms with Crippen molar-refractivity contribution >= 4 is 5.97 Å². The third kappa shape index (κ3) is 2.52. The van der Waals surface area contributed by atoms with Gasteiger partial charge >= 0.3 is 5.97 Å². The zero-order chi connectivity index (χ0) is 13.2. The van der Waals surface area contributed by atoms with Crippen LogP contribution in [-0.2, 0) is 19.4 Å². The monoisotopic (exact) mass is 256 g/mol. The number of carboxylic acid groups (broad SMARTS) is 1. The van der Waals surface area contributed by atoms with Gasteiger partial charge in [-0.25, -0.2) is 9.78 Å². The van der Waals surface area contributed by atoms with Gasteiger partial charge in [0, 0.05) is 18.9 Å². The Hall–Kier alpha value is -2.10. The molecule has 4 heteroatoms. The number of aromatic carboxylic acids is 1. The highest BCUT2D eigenvalue weighted by molar-refractivity contribution is 5.87. The van der Waals surface area contributed by atoms with E-state index in [0.29, 0.717) is 11.5 Å². The summed E-state index contributed by atoms with van der Waals surface area (Å²) in [6.45, 7) is 0.986. The lowest BCUT2D eigenvalue weighted by Gasteiger charge is -2.25. The molecule has 1 aliphatic rings. The average Bonchev–Trinajstić information content (AvgIpc) is 2.91. The summed E-state index contributed by atoms with van der Waals surface area (Å²) in [5.74, 6) is -0.235. The van der Waals surface area contributed by atoms with E-state index in [1.165, 1.54) is 11.1 Å². The summed E-state index contributed by atoms with van der Waals surface area (Å²) in [5.41, 5.74) is 2.88. The van der Waals surface area contributed by atoms with Crippen molar-refractivity contribution in [3.8, 4) is 0 Å². The summed E-state index contributed by atoms with van der Waals surface area (Å²) in [7, 11) is 0. The van der Waals surface area contributed by atoms with Crippen LogP contribution in [0.25, 0.3) is 0 Å². The van der Waals surface area contributed by atoms with E-state index in [4.69, 9.17) is 5.11 Å². The van der Waals surface area contributed by atoms with Gasteiger partial charge in [-0.2, -0.15) is 0 Å². The van der Waals surface area contributed by atoms with Gasteiger partial charge in [0.25, 0.3) is 0 Å². The van der Waals surface area contributed by atoms with E-state index >= 15 is 0 Å². The van der Waals surface area contributed by atoms with Crippen LogP contribution in [0.5, 0.6) is 0 Å². The molecule has 1 aromatic carbocycles. The quantitative estimate of drug-likeness (QED) is 0.917. The lowest BCUT2D eigenvalue weighted by atomic mass is 9.83. The lowest BCUT2D eigenvalue weighted by molar-refractivity contribution is 0.0696. The number of hydrogen-bond donors (Lipinski definition) is 1. The smallest absolute Gasteiger partial charge is 0.335 e. The molecule has 0 bridgehead atoms. The molecule has 3 rings (SSSR count). The van der Waals surface area contributed by atoms with E-state index in [-0.39, 0.29) is 0 Å². The predicted octanol–water partition coefficient (Wildman–Crippen LogP) is 2.39. The molecule has 0 aliphatic heterocycles. The number of benzene rings is 1. The molecular formula is C15H16N2O2. The Morgan fingerprint density at radius 2 is 2.32 bits per heavy atom. The molecular weight excluding hydrogens is 240 g/mol. The molecule has 0 saturated carbocycles. The van der Waals surface area contributed by atoms with Crippen molar-refractivity contribution in [1.82, 2.24) is 9.55 Å². The molecule has 1 unspecified atom stereocenters. The number of fused-ring (bicyclic) bond motifs is 1. The Labute approximate surface area is 111 Å². The first-order valence-corrected chi connectivity index (χ1v) is 6.53. The van der Waals surface area contributed by atoms with Crippen LogP contribution in [0.4, 0.5) is 0 Å². The molecule has 1 N–H and O–H groups in total. The third-order valence-corrected chi connectivity index (χ3v) is 3.81. The Kier molecular flexibility index (Phi) is 3.07. The van der Waals surface area contributed by atoms with E-state index in [0.717, 1.165) is 25.8 Å². The highest BCUT2D eigenvalue weighted by Gasteiger charge is 2.20. The van der Waals surface area contributed by atoms with Crippen molar-refractivity contribution in [2.75, 3.05) is 0 Å². The molecule has 1 aromatic heterocycles. The number of imidazole rings is 1. The molecule has 2 aromatic rings. The van der Waals surface area contributed by atoms with E-state index in [2.05, 4.69) is 9.55 Å². The molecule has 0 fully saturated rings. The topological polar surface area (TPSA) is 55.1 Å². The van der Waals surface area contributed by atoms with Gasteiger partial charge in [-0.05, 0) is 48.4 Å². The van der Waals surface area contributed by atoms with Crippen LogP contribution < -0.4 is 0 Å². The maximum atomic E-state index is 11.0. The highest BCUT2D eigenvalue weighted by Crippen LogP contribution is 2.27. The summed E-state index contributed by atoms with van der Waals surface area (Å²) in [6.07, 6.45) is 8.74. The minimum atomic E-state index is -0.844. The van der Waals surface area contributed by atoms with Gasteiger partial charge in [0.05, 0.1) is 11.9 Å². The number of aromatic nitrogens is 2. The minimum Gasteiger partial charge on any atom is -0.478 e. The summed E-state index contributed by atoms with van der Waals surface area (Å²) >= 11 is 0. The number of hydrogen-bond acceptors (Lipinski definition) is 2. The van der Waals surface area contributed by atoms with Crippen molar-refractivity contribution in [3.05, 3.63) is 53.6 Å². The molecule has 0 spiro atoms. The molecule has 0 saturated heterocycles. The van der Waals surface area contributed by atoms with Gasteiger partial charge in [-0.3, -0.25) is 0 Å². The zero-order valence-corrected chi connectivity index (χ0v) is 10.6. The fourth-order valence-corrected chi connectivity index (χ4v) is 2.81. The SMILES string of the molecule is O=C(O)c1ccc2c(c1)CCC(Cn1ccnc1)C2. The van der Waals surface area contributed by atoms with Crippen LogP contribution in [-0.4, -0.2) is 20.6 Å². The number of aryl methyl sites for hydroxylation is 1. The summed E-state index contributed by atoms with van der Waals surface area (Å²) < 4.78 is 2.11. The highest BCUT2D eigenvalue weighted by atomic mass is 16.4. The second-order valence-electron chi connectivity index (χ2n) is 5.16. The Morgan fingerprint density at radius 1 is 1.42 bits per heavy atom. The van der Waals surface area contributed by atoms with Crippen LogP contribution in [0.2, 0.25) is 0 Å². The fourth-order valence-electron chi connectivity index (χ4n) is 2.81. The first-order chi connectivity index (χ1) is 9.22. The number of carbonyl (C=O) groups is 1. The molecule has 0 amide bonds. The zero-order valence-electron chi connectivity index (χ0n) is 10.6. The first kappa shape index (κ1) is 12.0. The lowest BCUT2D eigenvalue weighted by Crippen LogP contribution is -2.19. The van der Waals surface area contributed by atoms with Gasteiger partial charge in [0.2, 0.25) is 0 Å². The van der Waals surface area contributed by atoms with Crippen LogP contribution in [0, 0.1) is 5.92 Å². The second kappa shape index (κ2) is 4.88. The Morgan fingerprint density at radius 3 is 3.05 bits per heavy atom. The van der Waals surface area contributed by atoms with Gasteiger partial charge in [0.1, 0.15) is 0 Å². The van der Waals surface area contributed by atoms with Gasteiger partial charge < -0.3 is 9.67 Å². The number of carboxylic acids is 1. The van der Waals surface area contributed by atoms with Crippen molar-refractivity contribution in [1.29, 1.82) is 0 Å². The molecule has 0 radical (unpaired) electrons. The standard InChI is InChI=1S/C15H16N2O2/c18-15(19)14-4-3-12-7-11(1-2-13(12)8-14)9-17-6-5-16-10-17/h3-6,8,10-11H,1-2,7,9H2,(H,18,19). The Bertz CT molecular complexity index is 590. The maximum absolute atomic E-state index is 11.0. The van der Waals surface area contributed by atoms with Crippen molar-refractivity contribution < 1.29 is 9.90 Å². The maximum Gasteiger partial charge on any atom is 0.335 e. The van der Waals surface area contributed by atoms with Crippen molar-refractivity contribution in [2.24, 2.45) is 5.92 Å². The van der Waals surface area contributed by atoms with Gasteiger partial charge in [-0.1, -0.05) is 6.07 Å². The van der Waals surface area contributed by atoms with E-state index < -0.39 is 5.97 Å². The van der Waals surface area contributed by atoms with Crippen LogP contribution in [0.3, 0.4) is 0 Å². The fraction of sp³-hybridized carbons (Fsp3) is 0.333. The molecule has 1 heterocycles. The van der Waals surface area contributed by atoms with Crippen LogP contribution >= 0.6 is 0 Å². The summed E-state index contributed by atoms with van der Waals surface area (Å²) in [5, 5.41) is 9.00. The Balaban J connectivity index is 1.75. The van der Waals surface area contributed by atoms with Gasteiger partial charge in [-0.15, -0.1) is 0 Å². The number of rotatable bonds is 3. The summed E-state index contributed by atoms with van der Waals surface area (Å²) in [6, 6.07) is 5.50. The van der Waals surface area contributed by atoms with E-state index in [9.17, 15) is 4.79 Å². The van der Waals surface area contributed by atoms with Crippen molar-refractivity contribution in [3.63, 3.8) is 0 Å². The molecule has 98 valence electrons. The van der Waals surface area contributed by atoms with E-state index in [1.807, 2.05) is 24.7 Å². The normalized spacial score (nSPS) is 18.0. The average molecular weight is 256 g/mol. The molecule has 19 heavy (non-hydrogen) atoms.